The van der Waals surface area contributed by atoms with Gasteiger partial charge in [-0.1, -0.05) is 33.6 Å². The van der Waals surface area contributed by atoms with Gasteiger partial charge in [-0.25, -0.2) is 0 Å². The molecule has 0 aromatic heterocycles. The number of carbonyl (C=O) groups excluding carboxylic acids is 1. The van der Waals surface area contributed by atoms with Crippen LogP contribution in [0.5, 0.6) is 0 Å². The van der Waals surface area contributed by atoms with Crippen LogP contribution >= 0.6 is 24.8 Å². The van der Waals surface area contributed by atoms with Gasteiger partial charge < -0.3 is 15.8 Å². The van der Waals surface area contributed by atoms with Crippen molar-refractivity contribution in [2.75, 3.05) is 32.8 Å². The molecule has 3 N–H and O–H groups in total. The van der Waals surface area contributed by atoms with E-state index in [-0.39, 0.29) is 42.7 Å². The lowest BCUT2D eigenvalue weighted by Gasteiger charge is -2.39. The maximum atomic E-state index is 12.1. The zero-order valence-electron chi connectivity index (χ0n) is 14.9. The van der Waals surface area contributed by atoms with Crippen LogP contribution in [-0.2, 0) is 9.53 Å². The normalized spacial score (nSPS) is 19.2. The zero-order chi connectivity index (χ0) is 15.8. The standard InChI is InChI=1S/C16H33N3O2.2ClH/c1-5-14(6-2)15(19-7-9-21-10-8-19)11-18-16(20)12(3)13(4)17;;/h12-15H,5-11,17H2,1-4H3,(H,18,20);2*1H. The lowest BCUT2D eigenvalue weighted by atomic mass is 9.92. The van der Waals surface area contributed by atoms with Crippen LogP contribution in [0, 0.1) is 11.8 Å². The van der Waals surface area contributed by atoms with Crippen molar-refractivity contribution < 1.29 is 9.53 Å². The van der Waals surface area contributed by atoms with Crippen LogP contribution < -0.4 is 11.1 Å². The number of carbonyl (C=O) groups is 1. The smallest absolute Gasteiger partial charge is 0.224 e. The van der Waals surface area contributed by atoms with E-state index in [0.29, 0.717) is 18.5 Å². The summed E-state index contributed by atoms with van der Waals surface area (Å²) in [6, 6.07) is 0.285. The SMILES string of the molecule is CCC(CC)C(CNC(=O)C(C)C(C)N)N1CCOCC1.Cl.Cl. The summed E-state index contributed by atoms with van der Waals surface area (Å²) in [5.41, 5.74) is 5.81. The number of amides is 1. The lowest BCUT2D eigenvalue weighted by molar-refractivity contribution is -0.125. The van der Waals surface area contributed by atoms with Gasteiger partial charge >= 0.3 is 0 Å². The van der Waals surface area contributed by atoms with Crippen molar-refractivity contribution in [3.8, 4) is 0 Å². The number of nitrogens with one attached hydrogen (secondary N) is 1. The fraction of sp³-hybridized carbons (Fsp3) is 0.938. The van der Waals surface area contributed by atoms with Gasteiger partial charge in [0.05, 0.1) is 13.2 Å². The van der Waals surface area contributed by atoms with Crippen LogP contribution in [0.1, 0.15) is 40.5 Å². The minimum Gasteiger partial charge on any atom is -0.379 e. The molecule has 0 bridgehead atoms. The number of morpholine rings is 1. The molecule has 1 saturated heterocycles. The Labute approximate surface area is 153 Å². The van der Waals surface area contributed by atoms with E-state index in [1.54, 1.807) is 0 Å². The van der Waals surface area contributed by atoms with Gasteiger partial charge in [-0.05, 0) is 12.8 Å². The third-order valence-electron chi connectivity index (χ3n) is 4.80. The second-order valence-electron chi connectivity index (χ2n) is 6.19. The third kappa shape index (κ3) is 8.03. The number of nitrogens with zero attached hydrogens (tertiary/aromatic N) is 1. The van der Waals surface area contributed by atoms with E-state index in [1.165, 1.54) is 0 Å². The molecule has 7 heteroatoms. The molecule has 1 amide bonds. The fourth-order valence-corrected chi connectivity index (χ4v) is 2.94. The minimum absolute atomic E-state index is 0. The van der Waals surface area contributed by atoms with Crippen molar-refractivity contribution in [3.05, 3.63) is 0 Å². The maximum absolute atomic E-state index is 12.1. The predicted octanol–water partition coefficient (Wildman–Crippen LogP) is 2.07. The first kappa shape index (κ1) is 25.2. The van der Waals surface area contributed by atoms with Gasteiger partial charge in [0.25, 0.3) is 0 Å². The topological polar surface area (TPSA) is 67.6 Å². The first-order valence-electron chi connectivity index (χ1n) is 8.36. The molecule has 0 aromatic carbocycles. The molecule has 1 aliphatic heterocycles. The lowest BCUT2D eigenvalue weighted by Crippen LogP contribution is -2.53. The van der Waals surface area contributed by atoms with Gasteiger partial charge in [-0.15, -0.1) is 24.8 Å². The molecule has 1 fully saturated rings. The van der Waals surface area contributed by atoms with Crippen LogP contribution in [0.3, 0.4) is 0 Å². The van der Waals surface area contributed by atoms with Crippen LogP contribution in [0.15, 0.2) is 0 Å². The summed E-state index contributed by atoms with van der Waals surface area (Å²) in [6.07, 6.45) is 2.27. The quantitative estimate of drug-likeness (QED) is 0.685. The molecule has 0 aliphatic carbocycles. The largest absolute Gasteiger partial charge is 0.379 e. The molecule has 0 aromatic rings. The molecular weight excluding hydrogens is 337 g/mol. The summed E-state index contributed by atoms with van der Waals surface area (Å²) in [6.45, 7) is 12.4. The van der Waals surface area contributed by atoms with Gasteiger partial charge in [0, 0.05) is 37.6 Å². The summed E-state index contributed by atoms with van der Waals surface area (Å²) in [4.78, 5) is 14.6. The summed E-state index contributed by atoms with van der Waals surface area (Å²) in [5.74, 6) is 0.528. The number of nitrogens with two attached hydrogens (primary N) is 1. The van der Waals surface area contributed by atoms with Crippen molar-refractivity contribution in [2.24, 2.45) is 17.6 Å². The number of halogens is 2. The van der Waals surface area contributed by atoms with Gasteiger partial charge in [0.15, 0.2) is 0 Å². The average molecular weight is 372 g/mol. The van der Waals surface area contributed by atoms with Gasteiger partial charge in [0.2, 0.25) is 5.91 Å². The summed E-state index contributed by atoms with van der Waals surface area (Å²) >= 11 is 0. The van der Waals surface area contributed by atoms with Gasteiger partial charge in [-0.3, -0.25) is 9.69 Å². The Morgan fingerprint density at radius 3 is 2.13 bits per heavy atom. The molecule has 1 heterocycles. The van der Waals surface area contributed by atoms with Crippen molar-refractivity contribution in [1.82, 2.24) is 10.2 Å². The van der Waals surface area contributed by atoms with E-state index in [1.807, 2.05) is 13.8 Å². The van der Waals surface area contributed by atoms with E-state index in [2.05, 4.69) is 24.1 Å². The van der Waals surface area contributed by atoms with Crippen molar-refractivity contribution in [2.45, 2.75) is 52.6 Å². The Morgan fingerprint density at radius 1 is 1.17 bits per heavy atom. The summed E-state index contributed by atoms with van der Waals surface area (Å²) < 4.78 is 5.45. The van der Waals surface area contributed by atoms with E-state index < -0.39 is 0 Å². The second kappa shape index (κ2) is 13.2. The molecule has 140 valence electrons. The Hall–Kier alpha value is -0.0700. The van der Waals surface area contributed by atoms with Gasteiger partial charge in [-0.2, -0.15) is 0 Å². The van der Waals surface area contributed by atoms with E-state index in [4.69, 9.17) is 10.5 Å². The van der Waals surface area contributed by atoms with Crippen LogP contribution in [0.2, 0.25) is 0 Å². The highest BCUT2D eigenvalue weighted by Crippen LogP contribution is 2.19. The van der Waals surface area contributed by atoms with Crippen molar-refractivity contribution in [1.29, 1.82) is 0 Å². The summed E-state index contributed by atoms with van der Waals surface area (Å²) in [5, 5.41) is 3.11. The van der Waals surface area contributed by atoms with E-state index >= 15 is 0 Å². The zero-order valence-corrected chi connectivity index (χ0v) is 16.5. The predicted molar refractivity (Wildman–Crippen MR) is 101 cm³/mol. The fourth-order valence-electron chi connectivity index (χ4n) is 2.94. The van der Waals surface area contributed by atoms with Crippen molar-refractivity contribution in [3.63, 3.8) is 0 Å². The first-order chi connectivity index (χ1) is 10.0. The molecule has 1 rings (SSSR count). The second-order valence-corrected chi connectivity index (χ2v) is 6.19. The van der Waals surface area contributed by atoms with E-state index in [9.17, 15) is 4.79 Å². The maximum Gasteiger partial charge on any atom is 0.224 e. The van der Waals surface area contributed by atoms with Gasteiger partial charge in [0.1, 0.15) is 0 Å². The average Bonchev–Trinajstić information content (AvgIpc) is 2.51. The molecule has 3 unspecified atom stereocenters. The van der Waals surface area contributed by atoms with E-state index in [0.717, 1.165) is 39.1 Å². The molecule has 0 saturated carbocycles. The Morgan fingerprint density at radius 2 is 1.70 bits per heavy atom. The number of hydrogen-bond donors (Lipinski definition) is 2. The molecule has 5 nitrogen and oxygen atoms in total. The highest BCUT2D eigenvalue weighted by molar-refractivity contribution is 5.85. The third-order valence-corrected chi connectivity index (χ3v) is 4.80. The monoisotopic (exact) mass is 371 g/mol. The highest BCUT2D eigenvalue weighted by Gasteiger charge is 2.28. The molecule has 3 atom stereocenters. The Bertz CT molecular complexity index is 310. The molecule has 1 aliphatic rings. The molecular formula is C16H35Cl2N3O2. The van der Waals surface area contributed by atoms with Crippen LogP contribution in [0.25, 0.3) is 0 Å². The Kier molecular flexibility index (Phi) is 14.5. The number of ether oxygens (including phenoxy) is 1. The number of rotatable bonds is 8. The Balaban J connectivity index is 0. The first-order valence-corrected chi connectivity index (χ1v) is 8.36. The van der Waals surface area contributed by atoms with Crippen molar-refractivity contribution >= 4 is 30.7 Å². The molecule has 0 spiro atoms. The summed E-state index contributed by atoms with van der Waals surface area (Å²) in [7, 11) is 0. The molecule has 0 radical (unpaired) electrons. The van der Waals surface area contributed by atoms with Crippen LogP contribution in [0.4, 0.5) is 0 Å². The number of hydrogen-bond acceptors (Lipinski definition) is 4. The highest BCUT2D eigenvalue weighted by atomic mass is 35.5. The molecule has 23 heavy (non-hydrogen) atoms. The van der Waals surface area contributed by atoms with Crippen LogP contribution in [-0.4, -0.2) is 55.7 Å². The minimum atomic E-state index is -0.142.